The quantitative estimate of drug-likeness (QED) is 0.767. The molecular weight excluding hydrogens is 398 g/mol. The summed E-state index contributed by atoms with van der Waals surface area (Å²) in [5.74, 6) is -0.0406. The Labute approximate surface area is 179 Å². The van der Waals surface area contributed by atoms with E-state index in [0.717, 1.165) is 11.1 Å². The maximum absolute atomic E-state index is 13.0. The van der Waals surface area contributed by atoms with Crippen LogP contribution in [0.2, 0.25) is 0 Å². The highest BCUT2D eigenvalue weighted by Crippen LogP contribution is 2.19. The van der Waals surface area contributed by atoms with Crippen molar-refractivity contribution in [3.8, 4) is 0 Å². The molecule has 0 saturated carbocycles. The first-order chi connectivity index (χ1) is 14.3. The van der Waals surface area contributed by atoms with Crippen molar-refractivity contribution in [3.05, 3.63) is 65.7 Å². The number of hydrogen-bond donors (Lipinski definition) is 1. The molecule has 1 aliphatic rings. The summed E-state index contributed by atoms with van der Waals surface area (Å²) in [6, 6.07) is 16.4. The van der Waals surface area contributed by atoms with Crippen LogP contribution in [0.25, 0.3) is 0 Å². The lowest BCUT2D eigenvalue weighted by molar-refractivity contribution is -0.126. The van der Waals surface area contributed by atoms with Crippen molar-refractivity contribution in [1.82, 2.24) is 14.5 Å². The van der Waals surface area contributed by atoms with E-state index in [1.165, 1.54) is 4.31 Å². The Bertz CT molecular complexity index is 945. The molecule has 0 radical (unpaired) electrons. The predicted octanol–water partition coefficient (Wildman–Crippen LogP) is 2.96. The van der Waals surface area contributed by atoms with Crippen LogP contribution in [-0.2, 0) is 14.8 Å². The molecule has 1 heterocycles. The van der Waals surface area contributed by atoms with E-state index in [2.05, 4.69) is 10.2 Å². The van der Waals surface area contributed by atoms with Crippen molar-refractivity contribution in [2.24, 2.45) is 0 Å². The molecule has 6 nitrogen and oxygen atoms in total. The minimum atomic E-state index is -3.52. The van der Waals surface area contributed by atoms with Gasteiger partial charge in [-0.25, -0.2) is 8.42 Å². The number of carbonyl (C=O) groups is 1. The van der Waals surface area contributed by atoms with Gasteiger partial charge in [0, 0.05) is 26.2 Å². The smallest absolute Gasteiger partial charge is 0.243 e. The third kappa shape index (κ3) is 5.28. The first-order valence-corrected chi connectivity index (χ1v) is 11.9. The molecule has 1 N–H and O–H groups in total. The van der Waals surface area contributed by atoms with Gasteiger partial charge in [-0.05, 0) is 44.9 Å². The number of nitrogens with one attached hydrogen (secondary N) is 1. The Hall–Kier alpha value is -2.22. The van der Waals surface area contributed by atoms with Crippen LogP contribution >= 0.6 is 0 Å². The monoisotopic (exact) mass is 429 g/mol. The number of benzene rings is 2. The fourth-order valence-electron chi connectivity index (χ4n) is 3.73. The van der Waals surface area contributed by atoms with Crippen molar-refractivity contribution in [1.29, 1.82) is 0 Å². The number of aryl methyl sites for hydroxylation is 1. The van der Waals surface area contributed by atoms with Gasteiger partial charge in [-0.1, -0.05) is 48.0 Å². The predicted molar refractivity (Wildman–Crippen MR) is 119 cm³/mol. The highest BCUT2D eigenvalue weighted by molar-refractivity contribution is 7.89. The highest BCUT2D eigenvalue weighted by Gasteiger charge is 2.30. The third-order valence-electron chi connectivity index (χ3n) is 5.73. The zero-order valence-corrected chi connectivity index (χ0v) is 18.7. The lowest BCUT2D eigenvalue weighted by atomic mass is 10.1. The van der Waals surface area contributed by atoms with E-state index in [4.69, 9.17) is 0 Å². The van der Waals surface area contributed by atoms with E-state index < -0.39 is 10.0 Å². The minimum absolute atomic E-state index is 0.0406. The fourth-order valence-corrected chi connectivity index (χ4v) is 5.20. The van der Waals surface area contributed by atoms with Crippen LogP contribution in [0, 0.1) is 6.92 Å². The number of amides is 1. The number of nitrogens with zero attached hydrogens (tertiary/aromatic N) is 2. The summed E-state index contributed by atoms with van der Waals surface area (Å²) in [5.41, 5.74) is 2.09. The first-order valence-electron chi connectivity index (χ1n) is 10.5. The first kappa shape index (κ1) is 22.5. The van der Waals surface area contributed by atoms with Crippen molar-refractivity contribution in [3.63, 3.8) is 0 Å². The van der Waals surface area contributed by atoms with E-state index in [1.807, 2.05) is 63.2 Å². The second-order valence-electron chi connectivity index (χ2n) is 7.92. The van der Waals surface area contributed by atoms with Crippen LogP contribution in [0.1, 0.15) is 37.4 Å². The van der Waals surface area contributed by atoms with Crippen molar-refractivity contribution >= 4 is 15.9 Å². The van der Waals surface area contributed by atoms with Gasteiger partial charge in [0.05, 0.1) is 17.0 Å². The maximum atomic E-state index is 13.0. The number of sulfonamides is 1. The molecule has 1 fully saturated rings. The van der Waals surface area contributed by atoms with Crippen LogP contribution in [-0.4, -0.2) is 55.8 Å². The lowest BCUT2D eigenvalue weighted by Crippen LogP contribution is -2.47. The molecule has 0 spiro atoms. The molecule has 2 atom stereocenters. The molecule has 0 aliphatic carbocycles. The van der Waals surface area contributed by atoms with Gasteiger partial charge in [-0.3, -0.25) is 9.69 Å². The molecule has 1 amide bonds. The zero-order chi connectivity index (χ0) is 21.7. The standard InChI is InChI=1S/C23H31N3O3S/c1-18-10-12-22(13-11-18)30(28,29)26-15-7-14-25(16-17-26)20(3)23(27)24-19(2)21-8-5-4-6-9-21/h4-6,8-13,19-20H,7,14-17H2,1-3H3,(H,24,27). The Morgan fingerprint density at radius 3 is 2.27 bits per heavy atom. The minimum Gasteiger partial charge on any atom is -0.348 e. The molecule has 2 unspecified atom stereocenters. The summed E-state index contributed by atoms with van der Waals surface area (Å²) in [4.78, 5) is 15.2. The van der Waals surface area contributed by atoms with Crippen LogP contribution in [0.5, 0.6) is 0 Å². The molecule has 7 heteroatoms. The van der Waals surface area contributed by atoms with E-state index in [1.54, 1.807) is 12.1 Å². The summed E-state index contributed by atoms with van der Waals surface area (Å²) >= 11 is 0. The van der Waals surface area contributed by atoms with Gasteiger partial charge in [0.2, 0.25) is 15.9 Å². The molecule has 0 aromatic heterocycles. The van der Waals surface area contributed by atoms with Crippen molar-refractivity contribution in [2.45, 2.75) is 44.2 Å². The topological polar surface area (TPSA) is 69.7 Å². The largest absolute Gasteiger partial charge is 0.348 e. The van der Waals surface area contributed by atoms with Gasteiger partial charge >= 0.3 is 0 Å². The summed E-state index contributed by atoms with van der Waals surface area (Å²) < 4.78 is 27.5. The second kappa shape index (κ2) is 9.73. The van der Waals surface area contributed by atoms with Crippen molar-refractivity contribution < 1.29 is 13.2 Å². The molecule has 1 aliphatic heterocycles. The molecule has 2 aromatic rings. The van der Waals surface area contributed by atoms with Gasteiger partial charge in [-0.15, -0.1) is 0 Å². The molecule has 0 bridgehead atoms. The van der Waals surface area contributed by atoms with Crippen LogP contribution in [0.3, 0.4) is 0 Å². The van der Waals surface area contributed by atoms with Gasteiger partial charge in [0.1, 0.15) is 0 Å². The average molecular weight is 430 g/mol. The summed E-state index contributed by atoms with van der Waals surface area (Å²) in [6.07, 6.45) is 0.691. The molecule has 30 heavy (non-hydrogen) atoms. The van der Waals surface area contributed by atoms with E-state index in [0.29, 0.717) is 37.5 Å². The number of hydrogen-bond acceptors (Lipinski definition) is 4. The van der Waals surface area contributed by atoms with Crippen molar-refractivity contribution in [2.75, 3.05) is 26.2 Å². The Balaban J connectivity index is 1.61. The molecule has 1 saturated heterocycles. The zero-order valence-electron chi connectivity index (χ0n) is 17.9. The fraction of sp³-hybridized carbons (Fsp3) is 0.435. The lowest BCUT2D eigenvalue weighted by Gasteiger charge is -2.28. The molecule has 162 valence electrons. The van der Waals surface area contributed by atoms with Crippen LogP contribution < -0.4 is 5.32 Å². The Morgan fingerprint density at radius 2 is 1.60 bits per heavy atom. The third-order valence-corrected chi connectivity index (χ3v) is 7.65. The highest BCUT2D eigenvalue weighted by atomic mass is 32.2. The average Bonchev–Trinajstić information content (AvgIpc) is 3.01. The van der Waals surface area contributed by atoms with Gasteiger partial charge in [0.15, 0.2) is 0 Å². The number of rotatable bonds is 6. The maximum Gasteiger partial charge on any atom is 0.243 e. The summed E-state index contributed by atoms with van der Waals surface area (Å²) in [6.45, 7) is 7.85. The van der Waals surface area contributed by atoms with Gasteiger partial charge in [0.25, 0.3) is 0 Å². The van der Waals surface area contributed by atoms with E-state index >= 15 is 0 Å². The summed E-state index contributed by atoms with van der Waals surface area (Å²) in [7, 11) is -3.52. The molecule has 2 aromatic carbocycles. The molecule has 3 rings (SSSR count). The SMILES string of the molecule is Cc1ccc(S(=O)(=O)N2CCCN(C(C)C(=O)NC(C)c3ccccc3)CC2)cc1. The Kier molecular flexibility index (Phi) is 7.28. The number of carbonyl (C=O) groups excluding carboxylic acids is 1. The normalized spacial score (nSPS) is 18.4. The molecular formula is C23H31N3O3S. The van der Waals surface area contributed by atoms with Crippen LogP contribution in [0.15, 0.2) is 59.5 Å². The van der Waals surface area contributed by atoms with Crippen LogP contribution in [0.4, 0.5) is 0 Å². The van der Waals surface area contributed by atoms with E-state index in [9.17, 15) is 13.2 Å². The Morgan fingerprint density at radius 1 is 0.933 bits per heavy atom. The van der Waals surface area contributed by atoms with E-state index in [-0.39, 0.29) is 18.0 Å². The second-order valence-corrected chi connectivity index (χ2v) is 9.86. The van der Waals surface area contributed by atoms with Gasteiger partial charge in [-0.2, -0.15) is 4.31 Å². The van der Waals surface area contributed by atoms with Gasteiger partial charge < -0.3 is 5.32 Å². The summed E-state index contributed by atoms with van der Waals surface area (Å²) in [5, 5.41) is 3.07.